The molecule has 0 aliphatic rings. The van der Waals surface area contributed by atoms with Gasteiger partial charge >= 0.3 is 0 Å². The molecule has 10 rings (SSSR count). The largest absolute Gasteiger partial charge is 0.457 e. The molecule has 0 saturated heterocycles. The number of hydrogen-bond donors (Lipinski definition) is 0. The van der Waals surface area contributed by atoms with Crippen molar-refractivity contribution in [2.75, 3.05) is 0 Å². The molecular formula is C41H25N5O. The number of benzene rings is 5. The first-order valence-corrected chi connectivity index (χ1v) is 15.6. The van der Waals surface area contributed by atoms with Crippen molar-refractivity contribution in [3.8, 4) is 33.8 Å². The lowest BCUT2D eigenvalue weighted by Gasteiger charge is -2.16. The summed E-state index contributed by atoms with van der Waals surface area (Å²) >= 11 is 0. The van der Waals surface area contributed by atoms with E-state index in [-0.39, 0.29) is 0 Å². The van der Waals surface area contributed by atoms with Crippen molar-refractivity contribution in [2.24, 2.45) is 0 Å². The van der Waals surface area contributed by atoms with Crippen molar-refractivity contribution in [2.45, 2.75) is 0 Å². The van der Waals surface area contributed by atoms with Gasteiger partial charge in [0.2, 0.25) is 0 Å². The normalized spacial score (nSPS) is 11.8. The average molecular weight is 604 g/mol. The molecule has 5 aromatic carbocycles. The van der Waals surface area contributed by atoms with Crippen molar-refractivity contribution < 1.29 is 4.74 Å². The van der Waals surface area contributed by atoms with E-state index >= 15 is 0 Å². The molecule has 0 aliphatic heterocycles. The highest BCUT2D eigenvalue weighted by atomic mass is 16.5. The van der Waals surface area contributed by atoms with Crippen molar-refractivity contribution >= 4 is 54.6 Å². The summed E-state index contributed by atoms with van der Waals surface area (Å²) in [4.78, 5) is 13.9. The van der Waals surface area contributed by atoms with Crippen molar-refractivity contribution in [3.63, 3.8) is 0 Å². The van der Waals surface area contributed by atoms with Crippen LogP contribution in [-0.2, 0) is 0 Å². The number of nitrogens with zero attached hydrogens (tertiary/aromatic N) is 5. The minimum absolute atomic E-state index is 0.740. The second-order valence-corrected chi connectivity index (χ2v) is 11.8. The van der Waals surface area contributed by atoms with Gasteiger partial charge in [-0.05, 0) is 87.6 Å². The molecule has 6 heteroatoms. The Morgan fingerprint density at radius 3 is 1.66 bits per heavy atom. The fourth-order valence-electron chi connectivity index (χ4n) is 7.06. The first-order chi connectivity index (χ1) is 23.3. The third-order valence-corrected chi connectivity index (χ3v) is 9.18. The zero-order valence-electron chi connectivity index (χ0n) is 25.1. The average Bonchev–Trinajstić information content (AvgIpc) is 3.84. The molecule has 47 heavy (non-hydrogen) atoms. The number of ether oxygens (including phenoxy) is 1. The highest BCUT2D eigenvalue weighted by Crippen LogP contribution is 2.40. The van der Waals surface area contributed by atoms with Gasteiger partial charge in [0.05, 0.1) is 11.0 Å². The van der Waals surface area contributed by atoms with Crippen LogP contribution in [0.15, 0.2) is 152 Å². The van der Waals surface area contributed by atoms with Crippen LogP contribution in [-0.4, -0.2) is 23.8 Å². The Balaban J connectivity index is 1.15. The molecule has 0 unspecified atom stereocenters. The molecule has 0 radical (unpaired) electrons. The summed E-state index contributed by atoms with van der Waals surface area (Å²) in [6.07, 6.45) is 11.5. The van der Waals surface area contributed by atoms with Crippen LogP contribution in [0.2, 0.25) is 0 Å². The van der Waals surface area contributed by atoms with E-state index in [4.69, 9.17) is 9.72 Å². The lowest BCUT2D eigenvalue weighted by Crippen LogP contribution is -1.95. The molecule has 220 valence electrons. The van der Waals surface area contributed by atoms with Crippen molar-refractivity contribution in [3.05, 3.63) is 152 Å². The van der Waals surface area contributed by atoms with Crippen molar-refractivity contribution in [1.82, 2.24) is 23.8 Å². The molecule has 0 saturated carbocycles. The van der Waals surface area contributed by atoms with Crippen LogP contribution in [0.5, 0.6) is 11.5 Å². The third-order valence-electron chi connectivity index (χ3n) is 9.18. The van der Waals surface area contributed by atoms with E-state index in [9.17, 15) is 0 Å². The third kappa shape index (κ3) is 3.95. The topological polar surface area (TPSA) is 56.7 Å². The van der Waals surface area contributed by atoms with Gasteiger partial charge in [-0.3, -0.25) is 13.8 Å². The zero-order valence-corrected chi connectivity index (χ0v) is 25.1. The molecular weight excluding hydrogens is 578 g/mol. The first kappa shape index (κ1) is 25.8. The Morgan fingerprint density at radius 1 is 0.447 bits per heavy atom. The Morgan fingerprint density at radius 2 is 1.02 bits per heavy atom. The van der Waals surface area contributed by atoms with Crippen LogP contribution < -0.4 is 4.74 Å². The maximum atomic E-state index is 6.55. The van der Waals surface area contributed by atoms with Gasteiger partial charge in [0.25, 0.3) is 0 Å². The van der Waals surface area contributed by atoms with Gasteiger partial charge in [0.15, 0.2) is 0 Å². The standard InChI is InChI=1S/C41H25N5O/c1-3-7-26(8-4-1)32-23-34-30-13-11-28(21-35(30)41-44-18-20-46(41)39(34)24-33(32)27-9-5-2-6-10-27)47-29-12-14-31-36(22-29)40-43-17-19-45(40)38-15-16-42-25-37(31)38/h1-25H. The molecule has 10 aromatic rings. The SMILES string of the molecule is c1ccc(-c2cc3c4ccc(Oc5ccc6c7cnccc7n7ccnc7c6c5)cc4c4nccn4c3cc2-c2ccccc2)cc1. The van der Waals surface area contributed by atoms with Crippen LogP contribution >= 0.6 is 0 Å². The molecule has 5 heterocycles. The summed E-state index contributed by atoms with van der Waals surface area (Å²) < 4.78 is 10.8. The molecule has 0 bridgehead atoms. The fraction of sp³-hybridized carbons (Fsp3) is 0. The van der Waals surface area contributed by atoms with Gasteiger partial charge in [-0.25, -0.2) is 9.97 Å². The van der Waals surface area contributed by atoms with Gasteiger partial charge in [-0.1, -0.05) is 60.7 Å². The zero-order chi connectivity index (χ0) is 30.9. The summed E-state index contributed by atoms with van der Waals surface area (Å²) in [5, 5.41) is 6.48. The van der Waals surface area contributed by atoms with Gasteiger partial charge < -0.3 is 4.74 Å². The quantitative estimate of drug-likeness (QED) is 0.188. The van der Waals surface area contributed by atoms with Crippen LogP contribution in [0.3, 0.4) is 0 Å². The van der Waals surface area contributed by atoms with E-state index in [1.807, 2.05) is 55.4 Å². The lowest BCUT2D eigenvalue weighted by molar-refractivity contribution is 0.484. The second kappa shape index (κ2) is 9.99. The molecule has 5 aromatic heterocycles. The van der Waals surface area contributed by atoms with Crippen LogP contribution in [0.1, 0.15) is 0 Å². The monoisotopic (exact) mass is 603 g/mol. The van der Waals surface area contributed by atoms with Gasteiger partial charge in [0.1, 0.15) is 22.8 Å². The van der Waals surface area contributed by atoms with E-state index in [1.54, 1.807) is 0 Å². The highest BCUT2D eigenvalue weighted by molar-refractivity contribution is 6.15. The molecule has 6 nitrogen and oxygen atoms in total. The predicted molar refractivity (Wildman–Crippen MR) is 189 cm³/mol. The Hall–Kier alpha value is -6.53. The summed E-state index contributed by atoms with van der Waals surface area (Å²) in [6.45, 7) is 0. The number of imidazole rings is 2. The van der Waals surface area contributed by atoms with Crippen molar-refractivity contribution in [1.29, 1.82) is 0 Å². The molecule has 0 fully saturated rings. The maximum absolute atomic E-state index is 6.55. The second-order valence-electron chi connectivity index (χ2n) is 11.8. The van der Waals surface area contributed by atoms with Gasteiger partial charge in [0, 0.05) is 58.7 Å². The van der Waals surface area contributed by atoms with Crippen LogP contribution in [0.4, 0.5) is 0 Å². The Bertz CT molecular complexity index is 2820. The summed E-state index contributed by atoms with van der Waals surface area (Å²) in [6, 6.07) is 40.3. The highest BCUT2D eigenvalue weighted by Gasteiger charge is 2.17. The van der Waals surface area contributed by atoms with E-state index in [0.29, 0.717) is 0 Å². The number of aromatic nitrogens is 5. The van der Waals surface area contributed by atoms with Crippen LogP contribution in [0, 0.1) is 0 Å². The predicted octanol–water partition coefficient (Wildman–Crippen LogP) is 10.1. The van der Waals surface area contributed by atoms with Gasteiger partial charge in [-0.15, -0.1) is 0 Å². The molecule has 0 aliphatic carbocycles. The fourth-order valence-corrected chi connectivity index (χ4v) is 7.06. The van der Waals surface area contributed by atoms with E-state index in [0.717, 1.165) is 66.1 Å². The molecule has 0 atom stereocenters. The van der Waals surface area contributed by atoms with Gasteiger partial charge in [-0.2, -0.15) is 0 Å². The molecule has 0 amide bonds. The van der Waals surface area contributed by atoms with E-state index < -0.39 is 0 Å². The maximum Gasteiger partial charge on any atom is 0.145 e. The summed E-state index contributed by atoms with van der Waals surface area (Å²) in [7, 11) is 0. The minimum atomic E-state index is 0.740. The van der Waals surface area contributed by atoms with E-state index in [1.165, 1.54) is 22.3 Å². The minimum Gasteiger partial charge on any atom is -0.457 e. The number of fused-ring (bicyclic) bond motifs is 12. The number of rotatable bonds is 4. The number of hydrogen-bond acceptors (Lipinski definition) is 4. The summed E-state index contributed by atoms with van der Waals surface area (Å²) in [5.41, 5.74) is 8.69. The Labute approximate surface area is 268 Å². The summed E-state index contributed by atoms with van der Waals surface area (Å²) in [5.74, 6) is 1.48. The Kier molecular flexibility index (Phi) is 5.48. The van der Waals surface area contributed by atoms with E-state index in [2.05, 4.69) is 116 Å². The number of pyridine rings is 3. The van der Waals surface area contributed by atoms with Crippen LogP contribution in [0.25, 0.3) is 76.9 Å². The molecule has 0 N–H and O–H groups in total. The molecule has 0 spiro atoms. The smallest absolute Gasteiger partial charge is 0.145 e. The first-order valence-electron chi connectivity index (χ1n) is 15.6. The lowest BCUT2D eigenvalue weighted by atomic mass is 9.91.